The molecule has 1 fully saturated rings. The average Bonchev–Trinajstić information content (AvgIpc) is 2.73. The first kappa shape index (κ1) is 12.3. The third-order valence-electron chi connectivity index (χ3n) is 4.00. The minimum atomic E-state index is 0.0849. The van der Waals surface area contributed by atoms with Crippen LogP contribution < -0.4 is 0 Å². The molecule has 1 saturated carbocycles. The van der Waals surface area contributed by atoms with Crippen LogP contribution in [0.5, 0.6) is 0 Å². The van der Waals surface area contributed by atoms with Gasteiger partial charge in [0.25, 0.3) is 0 Å². The summed E-state index contributed by atoms with van der Waals surface area (Å²) in [5.41, 5.74) is 1.42. The van der Waals surface area contributed by atoms with Gasteiger partial charge in [0.1, 0.15) is 6.29 Å². The van der Waals surface area contributed by atoms with Crippen LogP contribution in [0.4, 0.5) is 0 Å². The zero-order valence-corrected chi connectivity index (χ0v) is 10.6. The van der Waals surface area contributed by atoms with E-state index in [1.807, 2.05) is 6.92 Å². The normalized spacial score (nSPS) is 26.6. The van der Waals surface area contributed by atoms with Crippen molar-refractivity contribution >= 4 is 6.29 Å². The molecule has 2 aliphatic rings. The molecule has 0 aromatic rings. The number of carbonyl (C=O) groups excluding carboxylic acids is 1. The van der Waals surface area contributed by atoms with E-state index in [-0.39, 0.29) is 11.8 Å². The summed E-state index contributed by atoms with van der Waals surface area (Å²) in [4.78, 5) is 10.8. The van der Waals surface area contributed by atoms with Crippen LogP contribution in [0.3, 0.4) is 0 Å². The van der Waals surface area contributed by atoms with Crippen LogP contribution in [0.15, 0.2) is 36.0 Å². The first-order valence-corrected chi connectivity index (χ1v) is 6.80. The molecule has 0 bridgehead atoms. The summed E-state index contributed by atoms with van der Waals surface area (Å²) in [6.45, 7) is 1.98. The Morgan fingerprint density at radius 1 is 1.35 bits per heavy atom. The summed E-state index contributed by atoms with van der Waals surface area (Å²) in [6, 6.07) is 0. The fourth-order valence-corrected chi connectivity index (χ4v) is 2.79. The van der Waals surface area contributed by atoms with Crippen molar-refractivity contribution in [3.63, 3.8) is 0 Å². The summed E-state index contributed by atoms with van der Waals surface area (Å²) < 4.78 is 0. The van der Waals surface area contributed by atoms with Crippen molar-refractivity contribution in [3.8, 4) is 0 Å². The van der Waals surface area contributed by atoms with Gasteiger partial charge in [-0.05, 0) is 17.9 Å². The van der Waals surface area contributed by atoms with Crippen molar-refractivity contribution < 1.29 is 4.79 Å². The standard InChI is InChI=1S/C16H22O/c1-13(12-17)16-8-4-7-15(9-10-16)11-14-5-2-3-6-14/h4,7-10,12-14,16H,2-3,5-6,11H2,1H3. The van der Waals surface area contributed by atoms with Crippen LogP contribution >= 0.6 is 0 Å². The Balaban J connectivity index is 1.95. The first-order valence-electron chi connectivity index (χ1n) is 6.80. The summed E-state index contributed by atoms with van der Waals surface area (Å²) in [6.07, 6.45) is 18.7. The summed E-state index contributed by atoms with van der Waals surface area (Å²) in [5, 5.41) is 0. The molecule has 2 aliphatic carbocycles. The molecule has 2 rings (SSSR count). The molecule has 0 radical (unpaired) electrons. The minimum Gasteiger partial charge on any atom is -0.303 e. The van der Waals surface area contributed by atoms with E-state index >= 15 is 0 Å². The van der Waals surface area contributed by atoms with Gasteiger partial charge in [-0.2, -0.15) is 0 Å². The quantitative estimate of drug-likeness (QED) is 0.665. The highest BCUT2D eigenvalue weighted by Gasteiger charge is 2.17. The summed E-state index contributed by atoms with van der Waals surface area (Å²) >= 11 is 0. The molecule has 0 spiro atoms. The highest BCUT2D eigenvalue weighted by atomic mass is 16.1. The van der Waals surface area contributed by atoms with E-state index in [4.69, 9.17) is 0 Å². The Labute approximate surface area is 104 Å². The minimum absolute atomic E-state index is 0.0849. The molecule has 0 amide bonds. The number of carbonyl (C=O) groups is 1. The van der Waals surface area contributed by atoms with Gasteiger partial charge in [0, 0.05) is 11.8 Å². The Bertz CT molecular complexity index is 343. The van der Waals surface area contributed by atoms with Gasteiger partial charge in [0.15, 0.2) is 0 Å². The van der Waals surface area contributed by atoms with E-state index in [9.17, 15) is 4.79 Å². The molecule has 92 valence electrons. The van der Waals surface area contributed by atoms with Gasteiger partial charge in [-0.15, -0.1) is 0 Å². The number of allylic oxidation sites excluding steroid dienone is 6. The third-order valence-corrected chi connectivity index (χ3v) is 4.00. The van der Waals surface area contributed by atoms with Crippen LogP contribution in [0.25, 0.3) is 0 Å². The fraction of sp³-hybridized carbons (Fsp3) is 0.562. The molecular weight excluding hydrogens is 208 g/mol. The van der Waals surface area contributed by atoms with Gasteiger partial charge in [0.2, 0.25) is 0 Å². The van der Waals surface area contributed by atoms with E-state index in [1.165, 1.54) is 37.7 Å². The lowest BCUT2D eigenvalue weighted by atomic mass is 9.94. The van der Waals surface area contributed by atoms with E-state index in [1.54, 1.807) is 0 Å². The van der Waals surface area contributed by atoms with Crippen LogP contribution in [0.2, 0.25) is 0 Å². The predicted octanol–water partition coefficient (Wildman–Crippen LogP) is 4.07. The van der Waals surface area contributed by atoms with E-state index in [0.717, 1.165) is 12.2 Å². The Morgan fingerprint density at radius 2 is 2.12 bits per heavy atom. The molecule has 17 heavy (non-hydrogen) atoms. The van der Waals surface area contributed by atoms with Crippen LogP contribution in [-0.2, 0) is 4.79 Å². The van der Waals surface area contributed by atoms with Crippen molar-refractivity contribution in [1.82, 2.24) is 0 Å². The monoisotopic (exact) mass is 230 g/mol. The van der Waals surface area contributed by atoms with Crippen molar-refractivity contribution in [3.05, 3.63) is 36.0 Å². The summed E-state index contributed by atoms with van der Waals surface area (Å²) in [7, 11) is 0. The van der Waals surface area contributed by atoms with Crippen molar-refractivity contribution in [2.75, 3.05) is 0 Å². The zero-order valence-electron chi connectivity index (χ0n) is 10.6. The Morgan fingerprint density at radius 3 is 2.82 bits per heavy atom. The maximum Gasteiger partial charge on any atom is 0.123 e. The van der Waals surface area contributed by atoms with Crippen LogP contribution in [0, 0.1) is 17.8 Å². The molecule has 0 aromatic carbocycles. The van der Waals surface area contributed by atoms with Gasteiger partial charge in [0.05, 0.1) is 0 Å². The van der Waals surface area contributed by atoms with Crippen molar-refractivity contribution in [2.45, 2.75) is 39.0 Å². The molecule has 1 nitrogen and oxygen atoms in total. The molecule has 2 unspecified atom stereocenters. The van der Waals surface area contributed by atoms with Gasteiger partial charge < -0.3 is 4.79 Å². The first-order chi connectivity index (χ1) is 8.29. The molecule has 0 aliphatic heterocycles. The molecule has 2 atom stereocenters. The average molecular weight is 230 g/mol. The van der Waals surface area contributed by atoms with E-state index < -0.39 is 0 Å². The highest BCUT2D eigenvalue weighted by molar-refractivity contribution is 5.55. The molecule has 0 heterocycles. The van der Waals surface area contributed by atoms with E-state index in [0.29, 0.717) is 0 Å². The van der Waals surface area contributed by atoms with Gasteiger partial charge in [-0.3, -0.25) is 0 Å². The van der Waals surface area contributed by atoms with Gasteiger partial charge >= 0.3 is 0 Å². The number of hydrogen-bond acceptors (Lipinski definition) is 1. The highest BCUT2D eigenvalue weighted by Crippen LogP contribution is 2.31. The lowest BCUT2D eigenvalue weighted by molar-refractivity contribution is -0.111. The smallest absolute Gasteiger partial charge is 0.123 e. The van der Waals surface area contributed by atoms with Gasteiger partial charge in [-0.25, -0.2) is 0 Å². The molecule has 0 aromatic heterocycles. The fourth-order valence-electron chi connectivity index (χ4n) is 2.79. The molecular formula is C16H22O. The maximum atomic E-state index is 10.8. The second kappa shape index (κ2) is 6.00. The number of rotatable bonds is 4. The van der Waals surface area contributed by atoms with E-state index in [2.05, 4.69) is 30.4 Å². The second-order valence-electron chi connectivity index (χ2n) is 5.41. The predicted molar refractivity (Wildman–Crippen MR) is 71.7 cm³/mol. The van der Waals surface area contributed by atoms with Crippen LogP contribution in [0.1, 0.15) is 39.0 Å². The second-order valence-corrected chi connectivity index (χ2v) is 5.41. The van der Waals surface area contributed by atoms with Crippen LogP contribution in [-0.4, -0.2) is 6.29 Å². The number of aldehydes is 1. The zero-order chi connectivity index (χ0) is 12.1. The molecule has 1 heteroatoms. The SMILES string of the molecule is CC(C=O)C1C=CC=C(CC2CCCC2)C=C1. The topological polar surface area (TPSA) is 17.1 Å². The van der Waals surface area contributed by atoms with Crippen molar-refractivity contribution in [2.24, 2.45) is 17.8 Å². The lowest BCUT2D eigenvalue weighted by Crippen LogP contribution is -2.07. The Hall–Kier alpha value is -1.11. The maximum absolute atomic E-state index is 10.8. The Kier molecular flexibility index (Phi) is 4.36. The molecule has 0 saturated heterocycles. The third kappa shape index (κ3) is 3.42. The van der Waals surface area contributed by atoms with Gasteiger partial charge in [-0.1, -0.05) is 63.0 Å². The molecule has 0 N–H and O–H groups in total. The number of hydrogen-bond donors (Lipinski definition) is 0. The lowest BCUT2D eigenvalue weighted by Gasteiger charge is -2.10. The largest absolute Gasteiger partial charge is 0.303 e. The summed E-state index contributed by atoms with van der Waals surface area (Å²) in [5.74, 6) is 1.24. The van der Waals surface area contributed by atoms with Crippen molar-refractivity contribution in [1.29, 1.82) is 0 Å².